The quantitative estimate of drug-likeness (QED) is 0.178. The minimum atomic E-state index is -0.120. The topological polar surface area (TPSA) is 26.3 Å². The van der Waals surface area contributed by atoms with Crippen molar-refractivity contribution in [2.75, 3.05) is 7.11 Å². The Balaban J connectivity index is 3.16. The molecule has 0 aromatic carbocycles. The van der Waals surface area contributed by atoms with Crippen LogP contribution in [0, 0.1) is 0 Å². The highest BCUT2D eigenvalue weighted by atomic mass is 16.5. The molecule has 0 N–H and O–H groups in total. The van der Waals surface area contributed by atoms with Gasteiger partial charge < -0.3 is 4.74 Å². The molecule has 2 heteroatoms. The van der Waals surface area contributed by atoms with E-state index in [0.29, 0.717) is 6.42 Å². The van der Waals surface area contributed by atoms with E-state index in [1.54, 1.807) is 0 Å². The SMILES string of the molecule is CCCCC/C=C/CCCCCCCC/C=C/CCC(=O)OC. The molecule has 0 atom stereocenters. The third-order valence-corrected chi connectivity index (χ3v) is 4.04. The average molecular weight is 323 g/mol. The number of esters is 1. The molecule has 134 valence electrons. The van der Waals surface area contributed by atoms with Crippen LogP contribution in [0.4, 0.5) is 0 Å². The zero-order valence-corrected chi connectivity index (χ0v) is 15.5. The van der Waals surface area contributed by atoms with E-state index in [4.69, 9.17) is 0 Å². The number of rotatable bonds is 16. The smallest absolute Gasteiger partial charge is 0.305 e. The lowest BCUT2D eigenvalue weighted by atomic mass is 10.1. The zero-order chi connectivity index (χ0) is 17.0. The van der Waals surface area contributed by atoms with Gasteiger partial charge in [-0.3, -0.25) is 4.79 Å². The normalized spacial score (nSPS) is 11.6. The van der Waals surface area contributed by atoms with Crippen molar-refractivity contribution in [1.29, 1.82) is 0 Å². The molecule has 0 spiro atoms. The summed E-state index contributed by atoms with van der Waals surface area (Å²) in [5.41, 5.74) is 0. The van der Waals surface area contributed by atoms with Crippen molar-refractivity contribution in [1.82, 2.24) is 0 Å². The van der Waals surface area contributed by atoms with Crippen molar-refractivity contribution in [3.63, 3.8) is 0 Å². The van der Waals surface area contributed by atoms with E-state index in [1.165, 1.54) is 77.7 Å². The summed E-state index contributed by atoms with van der Waals surface area (Å²) in [5, 5.41) is 0. The summed E-state index contributed by atoms with van der Waals surface area (Å²) in [7, 11) is 1.44. The Morgan fingerprint density at radius 3 is 1.61 bits per heavy atom. The second-order valence-electron chi connectivity index (χ2n) is 6.25. The second kappa shape index (κ2) is 19.0. The summed E-state index contributed by atoms with van der Waals surface area (Å²) in [4.78, 5) is 10.9. The monoisotopic (exact) mass is 322 g/mol. The lowest BCUT2D eigenvalue weighted by molar-refractivity contribution is -0.140. The van der Waals surface area contributed by atoms with Crippen LogP contribution in [0.5, 0.6) is 0 Å². The lowest BCUT2D eigenvalue weighted by Gasteiger charge is -1.99. The van der Waals surface area contributed by atoms with Crippen LogP contribution in [0.15, 0.2) is 24.3 Å². The fourth-order valence-electron chi connectivity index (χ4n) is 2.52. The standard InChI is InChI=1S/C21H38O2/c1-3-4-5-6-7-8-9-10-11-12-13-14-15-16-17-18-19-20-21(22)23-2/h7-8,17-18H,3-6,9-16,19-20H2,1-2H3/b8-7+,18-17+. The molecule has 0 fully saturated rings. The number of allylic oxidation sites excluding steroid dienone is 4. The third-order valence-electron chi connectivity index (χ3n) is 4.04. The van der Waals surface area contributed by atoms with E-state index >= 15 is 0 Å². The summed E-state index contributed by atoms with van der Waals surface area (Å²) < 4.78 is 4.60. The summed E-state index contributed by atoms with van der Waals surface area (Å²) >= 11 is 0. The van der Waals surface area contributed by atoms with Gasteiger partial charge in [0.2, 0.25) is 0 Å². The molecule has 0 unspecified atom stereocenters. The Morgan fingerprint density at radius 2 is 1.13 bits per heavy atom. The Morgan fingerprint density at radius 1 is 0.696 bits per heavy atom. The summed E-state index contributed by atoms with van der Waals surface area (Å²) in [6.07, 6.45) is 26.1. The van der Waals surface area contributed by atoms with Crippen LogP contribution < -0.4 is 0 Å². The Bertz CT molecular complexity index is 305. The maximum absolute atomic E-state index is 10.9. The van der Waals surface area contributed by atoms with Gasteiger partial charge in [0.1, 0.15) is 0 Å². The molecule has 0 saturated heterocycles. The molecule has 0 bridgehead atoms. The van der Waals surface area contributed by atoms with Crippen LogP contribution in [-0.4, -0.2) is 13.1 Å². The van der Waals surface area contributed by atoms with E-state index < -0.39 is 0 Å². The van der Waals surface area contributed by atoms with Gasteiger partial charge in [-0.25, -0.2) is 0 Å². The van der Waals surface area contributed by atoms with E-state index in [0.717, 1.165) is 12.8 Å². The highest BCUT2D eigenvalue weighted by Crippen LogP contribution is 2.10. The van der Waals surface area contributed by atoms with Gasteiger partial charge in [-0.05, 0) is 44.9 Å². The highest BCUT2D eigenvalue weighted by Gasteiger charge is 1.95. The Kier molecular flexibility index (Phi) is 18.1. The summed E-state index contributed by atoms with van der Waals surface area (Å²) in [6.45, 7) is 2.26. The summed E-state index contributed by atoms with van der Waals surface area (Å²) in [5.74, 6) is -0.120. The van der Waals surface area contributed by atoms with Crippen molar-refractivity contribution in [2.45, 2.75) is 96.8 Å². The predicted molar refractivity (Wildman–Crippen MR) is 101 cm³/mol. The molecule has 0 aliphatic rings. The minimum absolute atomic E-state index is 0.120. The van der Waals surface area contributed by atoms with Gasteiger partial charge in [0.15, 0.2) is 0 Å². The number of hydrogen-bond acceptors (Lipinski definition) is 2. The fourth-order valence-corrected chi connectivity index (χ4v) is 2.52. The van der Waals surface area contributed by atoms with Gasteiger partial charge in [0, 0.05) is 6.42 Å². The fraction of sp³-hybridized carbons (Fsp3) is 0.762. The molecule has 0 aromatic heterocycles. The van der Waals surface area contributed by atoms with Crippen LogP contribution in [0.1, 0.15) is 96.8 Å². The second-order valence-corrected chi connectivity index (χ2v) is 6.25. The number of unbranched alkanes of at least 4 members (excludes halogenated alkanes) is 10. The molecule has 0 heterocycles. The largest absolute Gasteiger partial charge is 0.469 e. The first-order chi connectivity index (χ1) is 11.3. The first kappa shape index (κ1) is 21.9. The Hall–Kier alpha value is -1.05. The van der Waals surface area contributed by atoms with Crippen LogP contribution in [-0.2, 0) is 9.53 Å². The summed E-state index contributed by atoms with van der Waals surface area (Å²) in [6, 6.07) is 0. The molecule has 0 aliphatic heterocycles. The van der Waals surface area contributed by atoms with Crippen LogP contribution in [0.3, 0.4) is 0 Å². The lowest BCUT2D eigenvalue weighted by Crippen LogP contribution is -1.97. The first-order valence-corrected chi connectivity index (χ1v) is 9.68. The Labute approximate surface area is 144 Å². The van der Waals surface area contributed by atoms with E-state index in [1.807, 2.05) is 0 Å². The zero-order valence-electron chi connectivity index (χ0n) is 15.5. The van der Waals surface area contributed by atoms with Gasteiger partial charge in [-0.15, -0.1) is 0 Å². The average Bonchev–Trinajstić information content (AvgIpc) is 2.57. The molecule has 23 heavy (non-hydrogen) atoms. The molecular formula is C21H38O2. The predicted octanol–water partition coefficient (Wildman–Crippen LogP) is 6.75. The molecule has 0 aliphatic carbocycles. The van der Waals surface area contributed by atoms with Crippen LogP contribution in [0.2, 0.25) is 0 Å². The molecule has 0 radical (unpaired) electrons. The number of hydrogen-bond donors (Lipinski definition) is 0. The van der Waals surface area contributed by atoms with Gasteiger partial charge in [0.25, 0.3) is 0 Å². The van der Waals surface area contributed by atoms with Crippen molar-refractivity contribution >= 4 is 5.97 Å². The molecule has 2 nitrogen and oxygen atoms in total. The molecule has 0 amide bonds. The van der Waals surface area contributed by atoms with Crippen molar-refractivity contribution in [3.05, 3.63) is 24.3 Å². The number of carbonyl (C=O) groups is 1. The van der Waals surface area contributed by atoms with Gasteiger partial charge in [-0.1, -0.05) is 69.8 Å². The van der Waals surface area contributed by atoms with E-state index in [9.17, 15) is 4.79 Å². The number of carbonyl (C=O) groups excluding carboxylic acids is 1. The molecular weight excluding hydrogens is 284 g/mol. The van der Waals surface area contributed by atoms with E-state index in [2.05, 4.69) is 36.0 Å². The van der Waals surface area contributed by atoms with Crippen molar-refractivity contribution in [2.24, 2.45) is 0 Å². The highest BCUT2D eigenvalue weighted by molar-refractivity contribution is 5.69. The molecule has 0 aromatic rings. The van der Waals surface area contributed by atoms with E-state index in [-0.39, 0.29) is 5.97 Å². The molecule has 0 rings (SSSR count). The van der Waals surface area contributed by atoms with Gasteiger partial charge >= 0.3 is 5.97 Å². The first-order valence-electron chi connectivity index (χ1n) is 9.68. The maximum atomic E-state index is 10.9. The number of ether oxygens (including phenoxy) is 1. The maximum Gasteiger partial charge on any atom is 0.305 e. The van der Waals surface area contributed by atoms with Crippen molar-refractivity contribution in [3.8, 4) is 0 Å². The van der Waals surface area contributed by atoms with Gasteiger partial charge in [-0.2, -0.15) is 0 Å². The van der Waals surface area contributed by atoms with Crippen LogP contribution >= 0.6 is 0 Å². The number of methoxy groups -OCH3 is 1. The third kappa shape index (κ3) is 18.9. The van der Waals surface area contributed by atoms with Crippen LogP contribution in [0.25, 0.3) is 0 Å². The van der Waals surface area contributed by atoms with Crippen molar-refractivity contribution < 1.29 is 9.53 Å². The molecule has 0 saturated carbocycles. The van der Waals surface area contributed by atoms with Gasteiger partial charge in [0.05, 0.1) is 7.11 Å². The minimum Gasteiger partial charge on any atom is -0.469 e.